The fraction of sp³-hybridized carbons (Fsp3) is 0.125. The van der Waals surface area contributed by atoms with Gasteiger partial charge in [-0.05, 0) is 31.1 Å². The van der Waals surface area contributed by atoms with Crippen molar-refractivity contribution in [2.24, 2.45) is 0 Å². The molecule has 1 aromatic carbocycles. The van der Waals surface area contributed by atoms with Crippen molar-refractivity contribution in [2.75, 3.05) is 0 Å². The Balaban J connectivity index is 2.03. The minimum atomic E-state index is -0.347. The molecule has 1 aliphatic carbocycles. The molecule has 1 N–H and O–H groups in total. The normalized spacial score (nSPS) is 16.2. The monoisotopic (exact) mass is 269 g/mol. The first-order valence-electron chi connectivity index (χ1n) is 6.37. The number of hydrogen-bond donors (Lipinski definition) is 1. The Morgan fingerprint density at radius 1 is 1.05 bits per heavy atom. The Labute approximate surface area is 114 Å². The number of fused-ring (bicyclic) bond motifs is 1. The van der Waals surface area contributed by atoms with E-state index in [1.807, 2.05) is 0 Å². The summed E-state index contributed by atoms with van der Waals surface area (Å²) in [6, 6.07) is 9.21. The van der Waals surface area contributed by atoms with Crippen LogP contribution in [0, 0.1) is 5.82 Å². The zero-order valence-corrected chi connectivity index (χ0v) is 10.7. The van der Waals surface area contributed by atoms with Crippen LogP contribution in [0.2, 0.25) is 0 Å². The number of halogens is 1. The first-order valence-corrected chi connectivity index (χ1v) is 6.37. The maximum atomic E-state index is 13.6. The van der Waals surface area contributed by atoms with Crippen LogP contribution in [0.25, 0.3) is 6.08 Å². The quantitative estimate of drug-likeness (QED) is 0.809. The van der Waals surface area contributed by atoms with Crippen LogP contribution in [0.5, 0.6) is 0 Å². The number of nitrogens with one attached hydrogen (secondary N) is 1. The zero-order chi connectivity index (χ0) is 14.1. The van der Waals surface area contributed by atoms with Gasteiger partial charge < -0.3 is 4.98 Å². The lowest BCUT2D eigenvalue weighted by atomic mass is 9.89. The van der Waals surface area contributed by atoms with Crippen LogP contribution < -0.4 is 5.56 Å². The number of pyridine rings is 1. The number of hydrogen-bond acceptors (Lipinski definition) is 2. The van der Waals surface area contributed by atoms with Gasteiger partial charge in [-0.25, -0.2) is 4.39 Å². The molecule has 0 aliphatic heterocycles. The topological polar surface area (TPSA) is 49.9 Å². The van der Waals surface area contributed by atoms with Crippen molar-refractivity contribution in [3.63, 3.8) is 0 Å². The zero-order valence-electron chi connectivity index (χ0n) is 10.7. The molecule has 0 bridgehead atoms. The average molecular weight is 269 g/mol. The third-order valence-corrected chi connectivity index (χ3v) is 3.42. The van der Waals surface area contributed by atoms with Crippen LogP contribution in [-0.4, -0.2) is 10.8 Å². The molecule has 1 heterocycles. The summed E-state index contributed by atoms with van der Waals surface area (Å²) >= 11 is 0. The number of Topliss-reactive ketones (excluding diaryl/α,β-unsaturated/α-hetero) is 1. The molecular formula is C16H12FNO2. The Morgan fingerprint density at radius 3 is 2.65 bits per heavy atom. The third-order valence-electron chi connectivity index (χ3n) is 3.42. The van der Waals surface area contributed by atoms with Crippen LogP contribution in [-0.2, 0) is 6.42 Å². The molecule has 20 heavy (non-hydrogen) atoms. The summed E-state index contributed by atoms with van der Waals surface area (Å²) in [6.45, 7) is 0. The van der Waals surface area contributed by atoms with Gasteiger partial charge in [-0.1, -0.05) is 18.2 Å². The van der Waals surface area contributed by atoms with E-state index in [9.17, 15) is 14.0 Å². The highest BCUT2D eigenvalue weighted by Crippen LogP contribution is 2.25. The number of carbonyl (C=O) groups excluding carboxylic acids is 1. The van der Waals surface area contributed by atoms with Gasteiger partial charge in [-0.3, -0.25) is 9.59 Å². The molecule has 3 rings (SSSR count). The van der Waals surface area contributed by atoms with Gasteiger partial charge in [-0.2, -0.15) is 0 Å². The molecule has 0 radical (unpaired) electrons. The fourth-order valence-corrected chi connectivity index (χ4v) is 2.39. The molecule has 1 aromatic heterocycles. The summed E-state index contributed by atoms with van der Waals surface area (Å²) < 4.78 is 13.6. The highest BCUT2D eigenvalue weighted by atomic mass is 19.1. The lowest BCUT2D eigenvalue weighted by Crippen LogP contribution is -2.19. The summed E-state index contributed by atoms with van der Waals surface area (Å²) in [4.78, 5) is 26.2. The number of aromatic nitrogens is 1. The molecular weight excluding hydrogens is 257 g/mol. The van der Waals surface area contributed by atoms with Crippen LogP contribution in [0.3, 0.4) is 0 Å². The molecule has 0 saturated carbocycles. The van der Waals surface area contributed by atoms with E-state index in [-0.39, 0.29) is 17.2 Å². The van der Waals surface area contributed by atoms with Gasteiger partial charge in [0.2, 0.25) is 5.56 Å². The maximum absolute atomic E-state index is 13.6. The van der Waals surface area contributed by atoms with E-state index in [0.717, 1.165) is 0 Å². The van der Waals surface area contributed by atoms with Crippen LogP contribution in [0.1, 0.15) is 28.0 Å². The number of rotatable bonds is 1. The Bertz CT molecular complexity index is 774. The second kappa shape index (κ2) is 4.89. The van der Waals surface area contributed by atoms with Gasteiger partial charge >= 0.3 is 0 Å². The van der Waals surface area contributed by atoms with Gasteiger partial charge in [0.05, 0.1) is 0 Å². The predicted molar refractivity (Wildman–Crippen MR) is 74.1 cm³/mol. The Morgan fingerprint density at radius 2 is 1.85 bits per heavy atom. The van der Waals surface area contributed by atoms with Gasteiger partial charge in [0.15, 0.2) is 5.78 Å². The molecule has 4 heteroatoms. The molecule has 0 fully saturated rings. The number of aromatic amines is 1. The van der Waals surface area contributed by atoms with E-state index >= 15 is 0 Å². The molecule has 2 aromatic rings. The van der Waals surface area contributed by atoms with Crippen LogP contribution in [0.15, 0.2) is 46.8 Å². The van der Waals surface area contributed by atoms with Gasteiger partial charge in [0.25, 0.3) is 0 Å². The Hall–Kier alpha value is -2.49. The second-order valence-corrected chi connectivity index (χ2v) is 4.74. The lowest BCUT2D eigenvalue weighted by molar-refractivity contribution is 0.102. The standard InChI is InChI=1S/C16H12FNO2/c17-13-4-2-1-3-10(13)9-11-5-7-14-12(16(11)20)6-8-15(19)18-14/h1-4,6,8-9H,5,7H2,(H,18,19). The van der Waals surface area contributed by atoms with E-state index in [4.69, 9.17) is 0 Å². The molecule has 100 valence electrons. The smallest absolute Gasteiger partial charge is 0.248 e. The number of ketones is 1. The van der Waals surface area contributed by atoms with Crippen molar-refractivity contribution in [1.82, 2.24) is 4.98 Å². The van der Waals surface area contributed by atoms with Gasteiger partial charge in [0.1, 0.15) is 5.82 Å². The van der Waals surface area contributed by atoms with Crippen molar-refractivity contribution in [3.8, 4) is 0 Å². The minimum absolute atomic E-state index is 0.147. The van der Waals surface area contributed by atoms with Crippen molar-refractivity contribution in [2.45, 2.75) is 12.8 Å². The summed E-state index contributed by atoms with van der Waals surface area (Å²) in [7, 11) is 0. The highest BCUT2D eigenvalue weighted by Gasteiger charge is 2.22. The van der Waals surface area contributed by atoms with Crippen molar-refractivity contribution >= 4 is 11.9 Å². The highest BCUT2D eigenvalue weighted by molar-refractivity contribution is 6.12. The SMILES string of the molecule is O=C1C(=Cc2ccccc2F)CCc2[nH]c(=O)ccc21. The number of benzene rings is 1. The first kappa shape index (κ1) is 12.5. The van der Waals surface area contributed by atoms with Crippen molar-refractivity contribution in [1.29, 1.82) is 0 Å². The molecule has 1 aliphatic rings. The maximum Gasteiger partial charge on any atom is 0.248 e. The number of aryl methyl sites for hydroxylation is 1. The Kier molecular flexibility index (Phi) is 3.06. The number of H-pyrrole nitrogens is 1. The van der Waals surface area contributed by atoms with E-state index in [0.29, 0.717) is 35.2 Å². The second-order valence-electron chi connectivity index (χ2n) is 4.74. The van der Waals surface area contributed by atoms with Crippen LogP contribution in [0.4, 0.5) is 4.39 Å². The van der Waals surface area contributed by atoms with Crippen molar-refractivity contribution in [3.05, 3.63) is 75.0 Å². The van der Waals surface area contributed by atoms with E-state index in [2.05, 4.69) is 4.98 Å². The predicted octanol–water partition coefficient (Wildman–Crippen LogP) is 2.73. The minimum Gasteiger partial charge on any atom is -0.325 e. The van der Waals surface area contributed by atoms with E-state index in [1.54, 1.807) is 24.3 Å². The summed E-state index contributed by atoms with van der Waals surface area (Å²) in [5.41, 5.74) is 1.92. The molecule has 0 spiro atoms. The van der Waals surface area contributed by atoms with E-state index < -0.39 is 0 Å². The van der Waals surface area contributed by atoms with Crippen molar-refractivity contribution < 1.29 is 9.18 Å². The first-order chi connectivity index (χ1) is 9.65. The fourth-order valence-electron chi connectivity index (χ4n) is 2.39. The van der Waals surface area contributed by atoms with Gasteiger partial charge in [-0.15, -0.1) is 0 Å². The average Bonchev–Trinajstić information content (AvgIpc) is 2.44. The molecule has 0 unspecified atom stereocenters. The number of allylic oxidation sites excluding steroid dienone is 1. The summed E-state index contributed by atoms with van der Waals surface area (Å²) in [5.74, 6) is -0.495. The summed E-state index contributed by atoms with van der Waals surface area (Å²) in [5, 5.41) is 0. The van der Waals surface area contributed by atoms with E-state index in [1.165, 1.54) is 18.2 Å². The largest absolute Gasteiger partial charge is 0.325 e. The van der Waals surface area contributed by atoms with Crippen LogP contribution >= 0.6 is 0 Å². The molecule has 0 amide bonds. The van der Waals surface area contributed by atoms with Gasteiger partial charge in [0, 0.05) is 28.5 Å². The summed E-state index contributed by atoms with van der Waals surface area (Å²) in [6.07, 6.45) is 2.67. The molecule has 3 nitrogen and oxygen atoms in total. The lowest BCUT2D eigenvalue weighted by Gasteiger charge is -2.16. The number of carbonyl (C=O) groups is 1. The third kappa shape index (κ3) is 2.20. The molecule has 0 atom stereocenters. The molecule has 0 saturated heterocycles.